The van der Waals surface area contributed by atoms with E-state index in [4.69, 9.17) is 0 Å². The molecule has 25 heavy (non-hydrogen) atoms. The molecule has 2 rings (SSSR count). The Morgan fingerprint density at radius 3 is 2.00 bits per heavy atom. The number of alkyl halides is 3. The molecule has 0 aliphatic heterocycles. The van der Waals surface area contributed by atoms with E-state index in [0.29, 0.717) is 0 Å². The van der Waals surface area contributed by atoms with Crippen molar-refractivity contribution in [2.75, 3.05) is 7.11 Å². The van der Waals surface area contributed by atoms with Crippen molar-refractivity contribution >= 4 is 23.3 Å². The van der Waals surface area contributed by atoms with Gasteiger partial charge in [-0.25, -0.2) is 0 Å². The third-order valence-electron chi connectivity index (χ3n) is 3.71. The highest BCUT2D eigenvalue weighted by Crippen LogP contribution is 2.28. The molecule has 134 valence electrons. The van der Waals surface area contributed by atoms with Crippen LogP contribution in [0.3, 0.4) is 0 Å². The van der Waals surface area contributed by atoms with Crippen LogP contribution in [0.1, 0.15) is 23.2 Å². The standard InChI is InChI=1S/C16H13F3O6/c1-24-15(23)9-6-11(20)13(12(21)7-9)14(22)8-2-4-10(5-3-8)25-16(17,18)19/h2-5,9,13H,6-7H2,1H3. The van der Waals surface area contributed by atoms with Gasteiger partial charge in [-0.2, -0.15) is 0 Å². The molecule has 1 aliphatic carbocycles. The number of benzene rings is 1. The molecule has 1 aliphatic rings. The van der Waals surface area contributed by atoms with Crippen LogP contribution in [0.25, 0.3) is 0 Å². The summed E-state index contributed by atoms with van der Waals surface area (Å²) in [5.74, 6) is -5.97. The topological polar surface area (TPSA) is 86.7 Å². The van der Waals surface area contributed by atoms with E-state index in [0.717, 1.165) is 31.4 Å². The second-order valence-electron chi connectivity index (χ2n) is 5.43. The van der Waals surface area contributed by atoms with Crippen molar-refractivity contribution in [3.05, 3.63) is 29.8 Å². The number of carbonyl (C=O) groups is 4. The number of carbonyl (C=O) groups excluding carboxylic acids is 4. The van der Waals surface area contributed by atoms with Crippen molar-refractivity contribution in [1.29, 1.82) is 0 Å². The molecule has 1 aromatic carbocycles. The SMILES string of the molecule is COC(=O)C1CC(=O)C(C(=O)c2ccc(OC(F)(F)F)cc2)C(=O)C1. The zero-order valence-electron chi connectivity index (χ0n) is 13.0. The van der Waals surface area contributed by atoms with Crippen LogP contribution in [0.2, 0.25) is 0 Å². The van der Waals surface area contributed by atoms with E-state index in [1.165, 1.54) is 0 Å². The van der Waals surface area contributed by atoms with Crippen LogP contribution in [0.4, 0.5) is 13.2 Å². The van der Waals surface area contributed by atoms with Crippen LogP contribution in [0.15, 0.2) is 24.3 Å². The molecule has 0 unspecified atom stereocenters. The van der Waals surface area contributed by atoms with Gasteiger partial charge in [0.05, 0.1) is 13.0 Å². The maximum atomic E-state index is 12.3. The van der Waals surface area contributed by atoms with Gasteiger partial charge in [0, 0.05) is 18.4 Å². The summed E-state index contributed by atoms with van der Waals surface area (Å²) in [5.41, 5.74) is -0.0993. The Bertz CT molecular complexity index is 690. The minimum atomic E-state index is -4.87. The number of ether oxygens (including phenoxy) is 2. The second kappa shape index (κ2) is 7.04. The van der Waals surface area contributed by atoms with Crippen molar-refractivity contribution in [1.82, 2.24) is 0 Å². The Labute approximate surface area is 139 Å². The first-order chi connectivity index (χ1) is 11.6. The largest absolute Gasteiger partial charge is 0.573 e. The minimum absolute atomic E-state index is 0.0993. The lowest BCUT2D eigenvalue weighted by atomic mass is 9.76. The Morgan fingerprint density at radius 1 is 1.04 bits per heavy atom. The van der Waals surface area contributed by atoms with Crippen molar-refractivity contribution in [2.45, 2.75) is 19.2 Å². The Balaban J connectivity index is 2.13. The Morgan fingerprint density at radius 2 is 1.56 bits per heavy atom. The van der Waals surface area contributed by atoms with Crippen molar-refractivity contribution in [2.24, 2.45) is 11.8 Å². The highest BCUT2D eigenvalue weighted by Gasteiger charge is 2.43. The van der Waals surface area contributed by atoms with E-state index < -0.39 is 47.3 Å². The lowest BCUT2D eigenvalue weighted by Crippen LogP contribution is -2.41. The summed E-state index contributed by atoms with van der Waals surface area (Å²) >= 11 is 0. The normalized spacial score (nSPS) is 21.0. The average molecular weight is 358 g/mol. The zero-order chi connectivity index (χ0) is 18.8. The van der Waals surface area contributed by atoms with Gasteiger partial charge in [-0.05, 0) is 24.3 Å². The summed E-state index contributed by atoms with van der Waals surface area (Å²) in [5, 5.41) is 0. The van der Waals surface area contributed by atoms with Gasteiger partial charge in [-0.15, -0.1) is 13.2 Å². The lowest BCUT2D eigenvalue weighted by molar-refractivity contribution is -0.274. The van der Waals surface area contributed by atoms with Crippen LogP contribution in [-0.2, 0) is 19.1 Å². The maximum Gasteiger partial charge on any atom is 0.573 e. The molecule has 0 saturated heterocycles. The average Bonchev–Trinajstić information content (AvgIpc) is 2.52. The molecule has 6 nitrogen and oxygen atoms in total. The van der Waals surface area contributed by atoms with Crippen LogP contribution in [0.5, 0.6) is 5.75 Å². The highest BCUT2D eigenvalue weighted by molar-refractivity contribution is 6.25. The highest BCUT2D eigenvalue weighted by atomic mass is 19.4. The molecule has 0 spiro atoms. The number of esters is 1. The minimum Gasteiger partial charge on any atom is -0.469 e. The molecule has 0 aromatic heterocycles. The number of Topliss-reactive ketones (excluding diaryl/α,β-unsaturated/α-hetero) is 3. The van der Waals surface area contributed by atoms with E-state index in [1.54, 1.807) is 0 Å². The number of halogens is 3. The van der Waals surface area contributed by atoms with E-state index in [2.05, 4.69) is 9.47 Å². The fraction of sp³-hybridized carbons (Fsp3) is 0.375. The maximum absolute atomic E-state index is 12.3. The van der Waals surface area contributed by atoms with E-state index in [1.807, 2.05) is 0 Å². The third-order valence-corrected chi connectivity index (χ3v) is 3.71. The van der Waals surface area contributed by atoms with Gasteiger partial charge in [0.1, 0.15) is 11.7 Å². The van der Waals surface area contributed by atoms with Gasteiger partial charge >= 0.3 is 12.3 Å². The first-order valence-corrected chi connectivity index (χ1v) is 7.15. The molecular formula is C16H13F3O6. The van der Waals surface area contributed by atoms with E-state index in [-0.39, 0.29) is 18.4 Å². The van der Waals surface area contributed by atoms with Crippen molar-refractivity contribution in [3.63, 3.8) is 0 Å². The lowest BCUT2D eigenvalue weighted by Gasteiger charge is -2.23. The fourth-order valence-electron chi connectivity index (χ4n) is 2.59. The molecule has 0 atom stereocenters. The van der Waals surface area contributed by atoms with Crippen LogP contribution in [-0.4, -0.2) is 36.8 Å². The predicted octanol–water partition coefficient (Wildman–Crippen LogP) is 2.11. The summed E-state index contributed by atoms with van der Waals surface area (Å²) in [4.78, 5) is 47.9. The molecule has 0 bridgehead atoms. The van der Waals surface area contributed by atoms with Gasteiger partial charge in [-0.1, -0.05) is 0 Å². The summed E-state index contributed by atoms with van der Waals surface area (Å²) in [6.07, 6.45) is -5.47. The van der Waals surface area contributed by atoms with Gasteiger partial charge in [0.15, 0.2) is 17.3 Å². The summed E-state index contributed by atoms with van der Waals surface area (Å²) in [6, 6.07) is 3.90. The number of methoxy groups -OCH3 is 1. The molecule has 0 amide bonds. The molecule has 0 heterocycles. The van der Waals surface area contributed by atoms with Gasteiger partial charge in [0.2, 0.25) is 0 Å². The van der Waals surface area contributed by atoms with Gasteiger partial charge in [0.25, 0.3) is 0 Å². The first kappa shape index (κ1) is 18.6. The fourth-order valence-corrected chi connectivity index (χ4v) is 2.59. The number of ketones is 3. The quantitative estimate of drug-likeness (QED) is 0.465. The Kier molecular flexibility index (Phi) is 5.24. The summed E-state index contributed by atoms with van der Waals surface area (Å²) < 4.78 is 44.5. The van der Waals surface area contributed by atoms with Gasteiger partial charge < -0.3 is 9.47 Å². The second-order valence-corrected chi connectivity index (χ2v) is 5.43. The van der Waals surface area contributed by atoms with Gasteiger partial charge in [-0.3, -0.25) is 19.2 Å². The number of hydrogen-bond acceptors (Lipinski definition) is 6. The zero-order valence-corrected chi connectivity index (χ0v) is 13.0. The van der Waals surface area contributed by atoms with E-state index in [9.17, 15) is 32.3 Å². The predicted molar refractivity (Wildman–Crippen MR) is 75.7 cm³/mol. The molecular weight excluding hydrogens is 345 g/mol. The number of hydrogen-bond donors (Lipinski definition) is 0. The molecule has 0 N–H and O–H groups in total. The summed E-state index contributed by atoms with van der Waals surface area (Å²) in [6.45, 7) is 0. The molecule has 1 fully saturated rings. The molecule has 9 heteroatoms. The van der Waals surface area contributed by atoms with E-state index >= 15 is 0 Å². The van der Waals surface area contributed by atoms with Crippen LogP contribution in [0, 0.1) is 11.8 Å². The summed E-state index contributed by atoms with van der Waals surface area (Å²) in [7, 11) is 1.12. The van der Waals surface area contributed by atoms with Crippen LogP contribution < -0.4 is 4.74 Å². The molecule has 1 saturated carbocycles. The van der Waals surface area contributed by atoms with Crippen LogP contribution >= 0.6 is 0 Å². The number of rotatable bonds is 4. The third kappa shape index (κ3) is 4.43. The monoisotopic (exact) mass is 358 g/mol. The van der Waals surface area contributed by atoms with Crippen molar-refractivity contribution < 1.29 is 41.8 Å². The molecule has 1 aromatic rings. The first-order valence-electron chi connectivity index (χ1n) is 7.15. The molecule has 0 radical (unpaired) electrons. The smallest absolute Gasteiger partial charge is 0.469 e. The van der Waals surface area contributed by atoms with Crippen molar-refractivity contribution in [3.8, 4) is 5.75 Å². The Hall–Kier alpha value is -2.71.